The van der Waals surface area contributed by atoms with Gasteiger partial charge in [-0.05, 0) is 29.8 Å². The third-order valence-corrected chi connectivity index (χ3v) is 4.25. The molecule has 6 heteroatoms. The van der Waals surface area contributed by atoms with Gasteiger partial charge in [0.15, 0.2) is 11.5 Å². The highest BCUT2D eigenvalue weighted by Crippen LogP contribution is 2.35. The summed E-state index contributed by atoms with van der Waals surface area (Å²) in [6.45, 7) is 0.784. The number of carbonyl (C=O) groups is 1. The Bertz CT molecular complexity index is 943. The van der Waals surface area contributed by atoms with Crippen molar-refractivity contribution >= 4 is 17.3 Å². The average molecular weight is 361 g/mol. The van der Waals surface area contributed by atoms with Gasteiger partial charge in [0.2, 0.25) is 6.79 Å². The van der Waals surface area contributed by atoms with Crippen LogP contribution in [0.3, 0.4) is 0 Å². The first-order valence-corrected chi connectivity index (χ1v) is 8.61. The van der Waals surface area contributed by atoms with E-state index in [0.717, 1.165) is 22.7 Å². The summed E-state index contributed by atoms with van der Waals surface area (Å²) in [5.41, 5.74) is 3.14. The summed E-state index contributed by atoms with van der Waals surface area (Å²) in [7, 11) is 1.77. The van der Waals surface area contributed by atoms with E-state index in [-0.39, 0.29) is 12.7 Å². The van der Waals surface area contributed by atoms with Gasteiger partial charge in [0.1, 0.15) is 5.69 Å². The van der Waals surface area contributed by atoms with Gasteiger partial charge in [-0.15, -0.1) is 0 Å². The molecule has 0 saturated heterocycles. The number of hydrogen-bond acceptors (Lipinski definition) is 5. The van der Waals surface area contributed by atoms with Crippen LogP contribution in [-0.4, -0.2) is 29.6 Å². The lowest BCUT2D eigenvalue weighted by atomic mass is 10.2. The number of amides is 1. The Morgan fingerprint density at radius 3 is 2.59 bits per heavy atom. The molecule has 0 aliphatic carbocycles. The summed E-state index contributed by atoms with van der Waals surface area (Å²) < 4.78 is 10.7. The van der Waals surface area contributed by atoms with Crippen LogP contribution in [-0.2, 0) is 6.54 Å². The number of hydrogen-bond donors (Lipinski definition) is 1. The molecule has 0 bridgehead atoms. The predicted molar refractivity (Wildman–Crippen MR) is 102 cm³/mol. The molecule has 1 N–H and O–H groups in total. The molecule has 136 valence electrons. The first-order valence-electron chi connectivity index (χ1n) is 8.61. The maximum atomic E-state index is 12.6. The number of pyridine rings is 1. The van der Waals surface area contributed by atoms with Crippen LogP contribution in [0, 0.1) is 0 Å². The van der Waals surface area contributed by atoms with Crippen molar-refractivity contribution in [2.45, 2.75) is 6.54 Å². The molecule has 27 heavy (non-hydrogen) atoms. The van der Waals surface area contributed by atoms with Gasteiger partial charge in [-0.1, -0.05) is 30.3 Å². The Labute approximate surface area is 157 Å². The molecule has 0 fully saturated rings. The zero-order valence-corrected chi connectivity index (χ0v) is 14.9. The number of nitrogens with zero attached hydrogens (tertiary/aromatic N) is 2. The minimum absolute atomic E-state index is 0.117. The molecule has 1 amide bonds. The number of rotatable bonds is 5. The van der Waals surface area contributed by atoms with Crippen LogP contribution >= 0.6 is 0 Å². The van der Waals surface area contributed by atoms with Crippen molar-refractivity contribution in [2.24, 2.45) is 0 Å². The second-order valence-electron chi connectivity index (χ2n) is 6.27. The zero-order chi connectivity index (χ0) is 18.6. The molecular formula is C21H19N3O3. The van der Waals surface area contributed by atoms with Crippen LogP contribution in [0.2, 0.25) is 0 Å². The topological polar surface area (TPSA) is 63.7 Å². The highest BCUT2D eigenvalue weighted by molar-refractivity contribution is 5.92. The minimum Gasteiger partial charge on any atom is -0.454 e. The summed E-state index contributed by atoms with van der Waals surface area (Å²) in [4.78, 5) is 18.5. The Balaban J connectivity index is 1.41. The van der Waals surface area contributed by atoms with E-state index in [0.29, 0.717) is 18.0 Å². The Hall–Kier alpha value is -3.54. The fraction of sp³-hybridized carbons (Fsp3) is 0.143. The second kappa shape index (κ2) is 7.37. The Morgan fingerprint density at radius 2 is 1.81 bits per heavy atom. The monoisotopic (exact) mass is 361 g/mol. The third-order valence-electron chi connectivity index (χ3n) is 4.25. The number of fused-ring (bicyclic) bond motifs is 1. The summed E-state index contributed by atoms with van der Waals surface area (Å²) in [5.74, 6) is 1.33. The zero-order valence-electron chi connectivity index (χ0n) is 14.9. The van der Waals surface area contributed by atoms with E-state index in [2.05, 4.69) is 10.3 Å². The van der Waals surface area contributed by atoms with Gasteiger partial charge in [-0.2, -0.15) is 0 Å². The summed E-state index contributed by atoms with van der Waals surface area (Å²) in [6.07, 6.45) is 1.65. The number of anilines is 2. The molecule has 1 aromatic heterocycles. The van der Waals surface area contributed by atoms with Gasteiger partial charge in [-0.3, -0.25) is 4.79 Å². The highest BCUT2D eigenvalue weighted by Gasteiger charge is 2.15. The van der Waals surface area contributed by atoms with Crippen molar-refractivity contribution in [2.75, 3.05) is 19.2 Å². The maximum Gasteiger partial charge on any atom is 0.272 e. The van der Waals surface area contributed by atoms with E-state index in [1.807, 2.05) is 54.6 Å². The lowest BCUT2D eigenvalue weighted by Crippen LogP contribution is -2.26. The summed E-state index contributed by atoms with van der Waals surface area (Å²) in [6, 6.07) is 19.1. The van der Waals surface area contributed by atoms with Crippen molar-refractivity contribution in [3.63, 3.8) is 0 Å². The van der Waals surface area contributed by atoms with Gasteiger partial charge in [0.05, 0.1) is 11.9 Å². The molecule has 0 unspecified atom stereocenters. The molecule has 3 aromatic rings. The minimum atomic E-state index is -0.117. The lowest BCUT2D eigenvalue weighted by molar-refractivity contribution is 0.0779. The normalized spacial score (nSPS) is 11.9. The Kier molecular flexibility index (Phi) is 4.61. The van der Waals surface area contributed by atoms with Gasteiger partial charge < -0.3 is 19.7 Å². The first-order chi connectivity index (χ1) is 13.2. The maximum absolute atomic E-state index is 12.6. The van der Waals surface area contributed by atoms with E-state index < -0.39 is 0 Å². The fourth-order valence-electron chi connectivity index (χ4n) is 2.86. The van der Waals surface area contributed by atoms with E-state index in [1.165, 1.54) is 0 Å². The van der Waals surface area contributed by atoms with Crippen LogP contribution in [0.15, 0.2) is 66.9 Å². The van der Waals surface area contributed by atoms with E-state index >= 15 is 0 Å². The van der Waals surface area contributed by atoms with Crippen LogP contribution in [0.25, 0.3) is 0 Å². The smallest absolute Gasteiger partial charge is 0.272 e. The van der Waals surface area contributed by atoms with E-state index in [1.54, 1.807) is 24.2 Å². The van der Waals surface area contributed by atoms with Crippen LogP contribution in [0.5, 0.6) is 11.5 Å². The molecule has 0 saturated carbocycles. The summed E-state index contributed by atoms with van der Waals surface area (Å²) in [5, 5.41) is 3.25. The predicted octanol–water partition coefficient (Wildman–Crippen LogP) is 3.83. The van der Waals surface area contributed by atoms with Gasteiger partial charge in [0, 0.05) is 25.3 Å². The molecule has 1 aliphatic rings. The average Bonchev–Trinajstić information content (AvgIpc) is 3.16. The van der Waals surface area contributed by atoms with Crippen LogP contribution in [0.1, 0.15) is 16.1 Å². The molecule has 1 aliphatic heterocycles. The largest absolute Gasteiger partial charge is 0.454 e. The first kappa shape index (κ1) is 16.9. The molecule has 6 nitrogen and oxygen atoms in total. The SMILES string of the molecule is CN(Cc1ccccc1)C(=O)c1ccc(Nc2ccc3c(c2)OCO3)cn1. The van der Waals surface area contributed by atoms with Crippen molar-refractivity contribution in [3.8, 4) is 11.5 Å². The number of nitrogens with one attached hydrogen (secondary N) is 1. The number of carbonyl (C=O) groups excluding carboxylic acids is 1. The molecule has 2 heterocycles. The third kappa shape index (κ3) is 3.84. The number of ether oxygens (including phenoxy) is 2. The fourth-order valence-corrected chi connectivity index (χ4v) is 2.86. The molecule has 0 atom stereocenters. The molecular weight excluding hydrogens is 342 g/mol. The molecule has 4 rings (SSSR count). The van der Waals surface area contributed by atoms with Crippen LogP contribution < -0.4 is 14.8 Å². The standard InChI is InChI=1S/C21H19N3O3/c1-24(13-15-5-3-2-4-6-15)21(25)18-9-7-17(12-22-18)23-16-8-10-19-20(11-16)27-14-26-19/h2-12,23H,13-14H2,1H3. The van der Waals surface area contributed by atoms with Gasteiger partial charge in [0.25, 0.3) is 5.91 Å². The number of aromatic nitrogens is 1. The molecule has 0 spiro atoms. The quantitative estimate of drug-likeness (QED) is 0.748. The van der Waals surface area contributed by atoms with Crippen LogP contribution in [0.4, 0.5) is 11.4 Å². The summed E-state index contributed by atoms with van der Waals surface area (Å²) >= 11 is 0. The Morgan fingerprint density at radius 1 is 1.04 bits per heavy atom. The van der Waals surface area contributed by atoms with Crippen molar-refractivity contribution in [1.82, 2.24) is 9.88 Å². The van der Waals surface area contributed by atoms with E-state index in [4.69, 9.17) is 9.47 Å². The molecule has 0 radical (unpaired) electrons. The number of benzene rings is 2. The molecule has 2 aromatic carbocycles. The van der Waals surface area contributed by atoms with Gasteiger partial charge in [-0.25, -0.2) is 4.98 Å². The second-order valence-corrected chi connectivity index (χ2v) is 6.27. The highest BCUT2D eigenvalue weighted by atomic mass is 16.7. The van der Waals surface area contributed by atoms with Crippen molar-refractivity contribution in [1.29, 1.82) is 0 Å². The van der Waals surface area contributed by atoms with E-state index in [9.17, 15) is 4.79 Å². The lowest BCUT2D eigenvalue weighted by Gasteiger charge is -2.17. The van der Waals surface area contributed by atoms with Crippen molar-refractivity contribution in [3.05, 3.63) is 78.1 Å². The van der Waals surface area contributed by atoms with Gasteiger partial charge >= 0.3 is 0 Å². The van der Waals surface area contributed by atoms with Crippen molar-refractivity contribution < 1.29 is 14.3 Å².